The van der Waals surface area contributed by atoms with Crippen LogP contribution in [0.1, 0.15) is 51.2 Å². The minimum Gasteiger partial charge on any atom is -0.334 e. The average molecular weight is 313 g/mol. The highest BCUT2D eigenvalue weighted by Gasteiger charge is 2.36. The first kappa shape index (κ1) is 15.6. The summed E-state index contributed by atoms with van der Waals surface area (Å²) in [6.07, 6.45) is 3.66. The van der Waals surface area contributed by atoms with Crippen LogP contribution in [0.2, 0.25) is 0 Å². The standard InChI is InChI=1S/C17H23N5O/c1-11-19-13(12-7-8-18-21-12)10-14(20-11)15-6-5-9-22(15)16(23)17(2,3)4/h7-8,10,15H,5-6,9H2,1-4H3,(H,18,21)/t15-/m1/s1. The second-order valence-electron chi connectivity index (χ2n) is 7.10. The van der Waals surface area contributed by atoms with Crippen LogP contribution in [-0.4, -0.2) is 37.5 Å². The van der Waals surface area contributed by atoms with Gasteiger partial charge in [-0.25, -0.2) is 9.97 Å². The maximum Gasteiger partial charge on any atom is 0.228 e. The maximum absolute atomic E-state index is 12.7. The molecule has 23 heavy (non-hydrogen) atoms. The first-order chi connectivity index (χ1) is 10.9. The molecule has 122 valence electrons. The molecule has 0 bridgehead atoms. The van der Waals surface area contributed by atoms with Gasteiger partial charge in [0, 0.05) is 18.2 Å². The lowest BCUT2D eigenvalue weighted by Crippen LogP contribution is -2.39. The second-order valence-corrected chi connectivity index (χ2v) is 7.10. The minimum atomic E-state index is -0.378. The molecule has 0 spiro atoms. The van der Waals surface area contributed by atoms with Crippen LogP contribution < -0.4 is 0 Å². The van der Waals surface area contributed by atoms with E-state index in [2.05, 4.69) is 20.2 Å². The van der Waals surface area contributed by atoms with Crippen LogP contribution in [0.25, 0.3) is 11.4 Å². The molecule has 2 aromatic heterocycles. The first-order valence-corrected chi connectivity index (χ1v) is 8.02. The molecule has 6 heteroatoms. The van der Waals surface area contributed by atoms with Gasteiger partial charge < -0.3 is 4.90 Å². The Morgan fingerprint density at radius 1 is 1.35 bits per heavy atom. The van der Waals surface area contributed by atoms with Crippen molar-refractivity contribution in [2.45, 2.75) is 46.6 Å². The van der Waals surface area contributed by atoms with Crippen LogP contribution in [0.15, 0.2) is 18.3 Å². The van der Waals surface area contributed by atoms with Crippen LogP contribution in [0, 0.1) is 12.3 Å². The van der Waals surface area contributed by atoms with E-state index < -0.39 is 0 Å². The number of carbonyl (C=O) groups excluding carboxylic acids is 1. The molecule has 1 aliphatic heterocycles. The molecule has 3 rings (SSSR count). The normalized spacial score (nSPS) is 18.4. The number of nitrogens with one attached hydrogen (secondary N) is 1. The van der Waals surface area contributed by atoms with Crippen molar-refractivity contribution < 1.29 is 4.79 Å². The zero-order valence-electron chi connectivity index (χ0n) is 14.1. The summed E-state index contributed by atoms with van der Waals surface area (Å²) in [6.45, 7) is 8.57. The summed E-state index contributed by atoms with van der Waals surface area (Å²) < 4.78 is 0. The average Bonchev–Trinajstić information content (AvgIpc) is 3.16. The number of aromatic nitrogens is 4. The van der Waals surface area contributed by atoms with Crippen molar-refractivity contribution >= 4 is 5.91 Å². The van der Waals surface area contributed by atoms with Gasteiger partial charge in [-0.2, -0.15) is 5.10 Å². The Morgan fingerprint density at radius 2 is 2.13 bits per heavy atom. The molecule has 2 aromatic rings. The molecular weight excluding hydrogens is 290 g/mol. The number of aryl methyl sites for hydroxylation is 1. The molecule has 1 fully saturated rings. The van der Waals surface area contributed by atoms with Crippen LogP contribution >= 0.6 is 0 Å². The fraction of sp³-hybridized carbons (Fsp3) is 0.529. The van der Waals surface area contributed by atoms with Crippen LogP contribution in [0.5, 0.6) is 0 Å². The van der Waals surface area contributed by atoms with Gasteiger partial charge in [0.05, 0.1) is 23.1 Å². The Morgan fingerprint density at radius 3 is 2.78 bits per heavy atom. The Labute approximate surface area is 136 Å². The molecule has 0 unspecified atom stereocenters. The van der Waals surface area contributed by atoms with Gasteiger partial charge in [0.15, 0.2) is 0 Å². The van der Waals surface area contributed by atoms with Crippen molar-refractivity contribution in [3.05, 3.63) is 29.8 Å². The van der Waals surface area contributed by atoms with Gasteiger partial charge in [-0.05, 0) is 31.9 Å². The Balaban J connectivity index is 1.96. The smallest absolute Gasteiger partial charge is 0.228 e. The molecule has 6 nitrogen and oxygen atoms in total. The van der Waals surface area contributed by atoms with Crippen LogP contribution in [0.4, 0.5) is 0 Å². The summed E-state index contributed by atoms with van der Waals surface area (Å²) >= 11 is 0. The van der Waals surface area contributed by atoms with E-state index in [1.807, 2.05) is 44.7 Å². The number of rotatable bonds is 2. The lowest BCUT2D eigenvalue weighted by molar-refractivity contribution is -0.140. The molecule has 1 atom stereocenters. The van der Waals surface area contributed by atoms with Crippen LogP contribution in [-0.2, 0) is 4.79 Å². The third kappa shape index (κ3) is 3.11. The monoisotopic (exact) mass is 313 g/mol. The van der Waals surface area contributed by atoms with Crippen molar-refractivity contribution in [3.63, 3.8) is 0 Å². The topological polar surface area (TPSA) is 74.8 Å². The molecular formula is C17H23N5O. The van der Waals surface area contributed by atoms with Gasteiger partial charge in [0.2, 0.25) is 5.91 Å². The van der Waals surface area contributed by atoms with E-state index in [-0.39, 0.29) is 17.4 Å². The highest BCUT2D eigenvalue weighted by atomic mass is 16.2. The van der Waals surface area contributed by atoms with E-state index in [0.717, 1.165) is 36.5 Å². The zero-order valence-corrected chi connectivity index (χ0v) is 14.1. The van der Waals surface area contributed by atoms with Crippen molar-refractivity contribution in [1.82, 2.24) is 25.1 Å². The van der Waals surface area contributed by atoms with Gasteiger partial charge >= 0.3 is 0 Å². The largest absolute Gasteiger partial charge is 0.334 e. The predicted molar refractivity (Wildman–Crippen MR) is 87.5 cm³/mol. The first-order valence-electron chi connectivity index (χ1n) is 8.02. The van der Waals surface area contributed by atoms with Crippen LogP contribution in [0.3, 0.4) is 0 Å². The molecule has 1 saturated heterocycles. The summed E-state index contributed by atoms with van der Waals surface area (Å²) in [4.78, 5) is 23.8. The number of hydrogen-bond acceptors (Lipinski definition) is 4. The van der Waals surface area contributed by atoms with Gasteiger partial charge in [0.1, 0.15) is 5.82 Å². The molecule has 1 aliphatic rings. The number of H-pyrrole nitrogens is 1. The quantitative estimate of drug-likeness (QED) is 0.925. The molecule has 0 aliphatic carbocycles. The number of aromatic amines is 1. The Kier molecular flexibility index (Phi) is 3.92. The van der Waals surface area contributed by atoms with Crippen molar-refractivity contribution in [2.75, 3.05) is 6.54 Å². The number of hydrogen-bond donors (Lipinski definition) is 1. The van der Waals surface area contributed by atoms with E-state index >= 15 is 0 Å². The van der Waals surface area contributed by atoms with Crippen molar-refractivity contribution in [1.29, 1.82) is 0 Å². The number of carbonyl (C=O) groups is 1. The highest BCUT2D eigenvalue weighted by molar-refractivity contribution is 5.82. The summed E-state index contributed by atoms with van der Waals surface area (Å²) in [5.74, 6) is 0.890. The molecule has 0 radical (unpaired) electrons. The number of nitrogens with zero attached hydrogens (tertiary/aromatic N) is 4. The minimum absolute atomic E-state index is 0.0325. The molecule has 0 saturated carbocycles. The third-order valence-corrected chi connectivity index (χ3v) is 4.13. The fourth-order valence-corrected chi connectivity index (χ4v) is 3.05. The van der Waals surface area contributed by atoms with Gasteiger partial charge in [-0.1, -0.05) is 20.8 Å². The summed E-state index contributed by atoms with van der Waals surface area (Å²) in [5.41, 5.74) is 2.22. The van der Waals surface area contributed by atoms with E-state index in [9.17, 15) is 4.79 Å². The van der Waals surface area contributed by atoms with E-state index in [1.54, 1.807) is 6.20 Å². The maximum atomic E-state index is 12.7. The summed E-state index contributed by atoms with van der Waals surface area (Å²) in [7, 11) is 0. The van der Waals surface area contributed by atoms with Crippen molar-refractivity contribution in [3.8, 4) is 11.4 Å². The van der Waals surface area contributed by atoms with Gasteiger partial charge in [-0.3, -0.25) is 9.89 Å². The predicted octanol–water partition coefficient (Wildman–Crippen LogP) is 2.88. The molecule has 1 N–H and O–H groups in total. The molecule has 1 amide bonds. The summed E-state index contributed by atoms with van der Waals surface area (Å²) in [6, 6.07) is 3.89. The van der Waals surface area contributed by atoms with Gasteiger partial charge in [0.25, 0.3) is 0 Å². The lowest BCUT2D eigenvalue weighted by atomic mass is 9.94. The second kappa shape index (κ2) is 5.76. The number of likely N-dealkylation sites (tertiary alicyclic amines) is 1. The van der Waals surface area contributed by atoms with E-state index in [0.29, 0.717) is 5.82 Å². The van der Waals surface area contributed by atoms with E-state index in [4.69, 9.17) is 0 Å². The lowest BCUT2D eigenvalue weighted by Gasteiger charge is -2.30. The molecule has 3 heterocycles. The third-order valence-electron chi connectivity index (χ3n) is 4.13. The zero-order chi connectivity index (χ0) is 16.6. The van der Waals surface area contributed by atoms with E-state index in [1.165, 1.54) is 0 Å². The number of amides is 1. The fourth-order valence-electron chi connectivity index (χ4n) is 3.05. The van der Waals surface area contributed by atoms with Crippen molar-refractivity contribution in [2.24, 2.45) is 5.41 Å². The van der Waals surface area contributed by atoms with Gasteiger partial charge in [-0.15, -0.1) is 0 Å². The summed E-state index contributed by atoms with van der Waals surface area (Å²) in [5, 5.41) is 6.92. The Hall–Kier alpha value is -2.24. The SMILES string of the molecule is Cc1nc(-c2ccn[nH]2)cc([C@H]2CCCN2C(=O)C(C)(C)C)n1. The Bertz CT molecular complexity index is 702. The molecule has 0 aromatic carbocycles. The highest BCUT2D eigenvalue weighted by Crippen LogP contribution is 2.35.